The van der Waals surface area contributed by atoms with Crippen LogP contribution in [0.2, 0.25) is 0 Å². The van der Waals surface area contributed by atoms with Crippen LogP contribution in [0.15, 0.2) is 27.4 Å². The van der Waals surface area contributed by atoms with E-state index in [0.29, 0.717) is 6.61 Å². The number of fused-ring (bicyclic) bond motifs is 1. The second-order valence-electron chi connectivity index (χ2n) is 4.06. The quantitative estimate of drug-likeness (QED) is 0.678. The molecule has 0 bridgehead atoms. The van der Waals surface area contributed by atoms with E-state index in [4.69, 9.17) is 9.15 Å². The molecule has 1 N–H and O–H groups in total. The third kappa shape index (κ3) is 2.16. The fourth-order valence-electron chi connectivity index (χ4n) is 2.03. The van der Waals surface area contributed by atoms with Crippen molar-refractivity contribution >= 4 is 22.7 Å². The number of carboxylic acid groups (broad SMARTS) is 1. The van der Waals surface area contributed by atoms with Crippen molar-refractivity contribution in [3.8, 4) is 5.75 Å². The molecule has 0 aliphatic rings. The zero-order valence-corrected chi connectivity index (χ0v) is 10.9. The average Bonchev–Trinajstić information content (AvgIpc) is 2.37. The van der Waals surface area contributed by atoms with Crippen LogP contribution in [-0.2, 0) is 0 Å². The van der Waals surface area contributed by atoms with Crippen LogP contribution >= 0.6 is 0 Å². The minimum absolute atomic E-state index is 0.0725. The van der Waals surface area contributed by atoms with Gasteiger partial charge < -0.3 is 14.3 Å². The molecule has 0 saturated heterocycles. The lowest BCUT2D eigenvalue weighted by Gasteiger charge is -2.10. The summed E-state index contributed by atoms with van der Waals surface area (Å²) in [7, 11) is 0. The summed E-state index contributed by atoms with van der Waals surface area (Å²) in [5, 5.41) is 9.46. The van der Waals surface area contributed by atoms with Crippen LogP contribution in [0.4, 0.5) is 0 Å². The number of rotatable bonds is 4. The molecular weight excluding hydrogens is 264 g/mol. The molecular formula is C14H12O6. The maximum atomic E-state index is 11.8. The Bertz CT molecular complexity index is 756. The zero-order chi connectivity index (χ0) is 14.9. The normalized spacial score (nSPS) is 10.5. The Kier molecular flexibility index (Phi) is 3.56. The summed E-state index contributed by atoms with van der Waals surface area (Å²) in [4.78, 5) is 34.8. The van der Waals surface area contributed by atoms with Gasteiger partial charge in [0.2, 0.25) is 0 Å². The Morgan fingerprint density at radius 2 is 2.00 bits per heavy atom. The molecule has 0 saturated carbocycles. The number of hydrogen-bond acceptors (Lipinski definition) is 5. The topological polar surface area (TPSA) is 93.8 Å². The fraction of sp³-hybridized carbons (Fsp3) is 0.214. The molecule has 0 radical (unpaired) electrons. The van der Waals surface area contributed by atoms with E-state index in [2.05, 4.69) is 0 Å². The third-order valence-corrected chi connectivity index (χ3v) is 2.76. The highest BCUT2D eigenvalue weighted by Crippen LogP contribution is 2.30. The monoisotopic (exact) mass is 276 g/mol. The van der Waals surface area contributed by atoms with E-state index >= 15 is 0 Å². The van der Waals surface area contributed by atoms with Gasteiger partial charge in [-0.1, -0.05) is 6.07 Å². The molecule has 0 atom stereocenters. The van der Waals surface area contributed by atoms with Crippen molar-refractivity contribution in [2.75, 3.05) is 6.61 Å². The van der Waals surface area contributed by atoms with Gasteiger partial charge in [-0.2, -0.15) is 0 Å². The van der Waals surface area contributed by atoms with Gasteiger partial charge in [-0.3, -0.25) is 4.79 Å². The van der Waals surface area contributed by atoms with Crippen molar-refractivity contribution in [3.63, 3.8) is 0 Å². The number of Topliss-reactive ketones (excluding diaryl/α,β-unsaturated/α-hetero) is 1. The van der Waals surface area contributed by atoms with Crippen molar-refractivity contribution in [1.29, 1.82) is 0 Å². The third-order valence-electron chi connectivity index (χ3n) is 2.76. The van der Waals surface area contributed by atoms with Gasteiger partial charge in [-0.25, -0.2) is 9.59 Å². The molecule has 1 aromatic heterocycles. The number of ketones is 1. The number of carbonyl (C=O) groups excluding carboxylic acids is 1. The standard InChI is InChI=1S/C14H12O6/c1-3-19-8-5-4-6-9-11(8)12(13(16)17)10(7(2)15)14(18)20-9/h4-6H,3H2,1-2H3,(H,16,17). The summed E-state index contributed by atoms with van der Waals surface area (Å²) < 4.78 is 10.4. The molecule has 2 aromatic rings. The van der Waals surface area contributed by atoms with Gasteiger partial charge in [0.25, 0.3) is 0 Å². The summed E-state index contributed by atoms with van der Waals surface area (Å²) >= 11 is 0. The van der Waals surface area contributed by atoms with E-state index in [1.54, 1.807) is 19.1 Å². The molecule has 0 aliphatic heterocycles. The van der Waals surface area contributed by atoms with Gasteiger partial charge in [-0.05, 0) is 26.0 Å². The van der Waals surface area contributed by atoms with Crippen LogP contribution in [0.3, 0.4) is 0 Å². The van der Waals surface area contributed by atoms with E-state index in [-0.39, 0.29) is 22.3 Å². The first-order valence-corrected chi connectivity index (χ1v) is 5.94. The molecule has 1 aromatic carbocycles. The minimum atomic E-state index is -1.37. The lowest BCUT2D eigenvalue weighted by atomic mass is 10.0. The van der Waals surface area contributed by atoms with Gasteiger partial charge in [-0.15, -0.1) is 0 Å². The summed E-state index contributed by atoms with van der Waals surface area (Å²) in [5.74, 6) is -1.78. The molecule has 2 rings (SSSR count). The van der Waals surface area contributed by atoms with Crippen LogP contribution in [0.1, 0.15) is 34.6 Å². The Labute approximate surface area is 113 Å². The first-order chi connectivity index (χ1) is 9.47. The van der Waals surface area contributed by atoms with E-state index in [0.717, 1.165) is 6.92 Å². The highest BCUT2D eigenvalue weighted by molar-refractivity contribution is 6.13. The number of aromatic carboxylic acids is 1. The summed E-state index contributed by atoms with van der Waals surface area (Å²) in [5.41, 5.74) is -1.75. The summed E-state index contributed by atoms with van der Waals surface area (Å²) in [6.07, 6.45) is 0. The molecule has 1 heterocycles. The second kappa shape index (κ2) is 5.16. The molecule has 6 heteroatoms. The predicted octanol–water partition coefficient (Wildman–Crippen LogP) is 2.09. The Morgan fingerprint density at radius 1 is 1.30 bits per heavy atom. The average molecular weight is 276 g/mol. The molecule has 6 nitrogen and oxygen atoms in total. The Morgan fingerprint density at radius 3 is 2.55 bits per heavy atom. The van der Waals surface area contributed by atoms with Crippen molar-refractivity contribution in [3.05, 3.63) is 39.7 Å². The van der Waals surface area contributed by atoms with Crippen LogP contribution in [0.5, 0.6) is 5.75 Å². The highest BCUT2D eigenvalue weighted by Gasteiger charge is 2.25. The van der Waals surface area contributed by atoms with Gasteiger partial charge in [0, 0.05) is 0 Å². The summed E-state index contributed by atoms with van der Waals surface area (Å²) in [6, 6.07) is 4.59. The fourth-order valence-corrected chi connectivity index (χ4v) is 2.03. The maximum Gasteiger partial charge on any atom is 0.348 e. The van der Waals surface area contributed by atoms with E-state index in [9.17, 15) is 19.5 Å². The summed E-state index contributed by atoms with van der Waals surface area (Å²) in [6.45, 7) is 3.17. The van der Waals surface area contributed by atoms with Crippen molar-refractivity contribution < 1.29 is 23.8 Å². The molecule has 20 heavy (non-hydrogen) atoms. The van der Waals surface area contributed by atoms with Crippen LogP contribution in [-0.4, -0.2) is 23.5 Å². The predicted molar refractivity (Wildman–Crippen MR) is 70.6 cm³/mol. The van der Waals surface area contributed by atoms with Crippen molar-refractivity contribution in [2.24, 2.45) is 0 Å². The first kappa shape index (κ1) is 13.8. The van der Waals surface area contributed by atoms with Gasteiger partial charge in [0.05, 0.1) is 17.6 Å². The van der Waals surface area contributed by atoms with Crippen molar-refractivity contribution in [1.82, 2.24) is 0 Å². The van der Waals surface area contributed by atoms with E-state index < -0.39 is 22.9 Å². The number of hydrogen-bond donors (Lipinski definition) is 1. The molecule has 0 unspecified atom stereocenters. The van der Waals surface area contributed by atoms with Crippen LogP contribution in [0, 0.1) is 0 Å². The molecule has 0 spiro atoms. The highest BCUT2D eigenvalue weighted by atomic mass is 16.5. The lowest BCUT2D eigenvalue weighted by Crippen LogP contribution is -2.19. The van der Waals surface area contributed by atoms with Crippen LogP contribution < -0.4 is 10.4 Å². The Hall–Kier alpha value is -2.63. The molecule has 0 fully saturated rings. The smallest absolute Gasteiger partial charge is 0.348 e. The van der Waals surface area contributed by atoms with Gasteiger partial charge in [0.15, 0.2) is 5.78 Å². The first-order valence-electron chi connectivity index (χ1n) is 5.94. The van der Waals surface area contributed by atoms with E-state index in [1.807, 2.05) is 0 Å². The molecule has 0 aliphatic carbocycles. The molecule has 0 amide bonds. The number of benzene rings is 1. The number of carbonyl (C=O) groups is 2. The van der Waals surface area contributed by atoms with Crippen molar-refractivity contribution in [2.45, 2.75) is 13.8 Å². The number of ether oxygens (including phenoxy) is 1. The van der Waals surface area contributed by atoms with E-state index in [1.165, 1.54) is 6.07 Å². The lowest BCUT2D eigenvalue weighted by molar-refractivity contribution is 0.0693. The van der Waals surface area contributed by atoms with Gasteiger partial charge in [0.1, 0.15) is 16.9 Å². The molecule has 104 valence electrons. The minimum Gasteiger partial charge on any atom is -0.493 e. The maximum absolute atomic E-state index is 11.8. The van der Waals surface area contributed by atoms with Gasteiger partial charge >= 0.3 is 11.6 Å². The zero-order valence-electron chi connectivity index (χ0n) is 10.9. The Balaban J connectivity index is 3.02. The second-order valence-corrected chi connectivity index (χ2v) is 4.06. The van der Waals surface area contributed by atoms with Crippen LogP contribution in [0.25, 0.3) is 11.0 Å². The SMILES string of the molecule is CCOc1cccc2oc(=O)c(C(C)=O)c(C(=O)O)c12. The number of carboxylic acids is 1. The largest absolute Gasteiger partial charge is 0.493 e.